The van der Waals surface area contributed by atoms with Crippen LogP contribution in [-0.4, -0.2) is 46.4 Å². The molecule has 0 radical (unpaired) electrons. The van der Waals surface area contributed by atoms with Crippen LogP contribution in [0.25, 0.3) is 32.9 Å². The lowest BCUT2D eigenvalue weighted by atomic mass is 9.77. The van der Waals surface area contributed by atoms with Gasteiger partial charge >= 0.3 is 0 Å². The van der Waals surface area contributed by atoms with Crippen molar-refractivity contribution in [2.24, 2.45) is 5.41 Å². The standard InChI is InChI=1S/C27H26F2N4O2/c1-3-18-21(28)5-4-16-10-17(34)11-19(22(16)18)24-23(29)25-20(12-30-24)26(32-15(2)31-25)33-8-6-27(7-9-33)13-35-14-27/h4-5,10-12,34H,3,6-9,13-14H2,1-2H3. The van der Waals surface area contributed by atoms with Gasteiger partial charge < -0.3 is 14.7 Å². The van der Waals surface area contributed by atoms with Crippen LogP contribution in [0.3, 0.4) is 0 Å². The molecule has 4 heterocycles. The van der Waals surface area contributed by atoms with Crippen LogP contribution < -0.4 is 4.90 Å². The Balaban J connectivity index is 1.51. The van der Waals surface area contributed by atoms with E-state index in [0.717, 1.165) is 39.1 Å². The van der Waals surface area contributed by atoms with Crippen LogP contribution in [0.5, 0.6) is 5.75 Å². The Morgan fingerprint density at radius 2 is 1.89 bits per heavy atom. The van der Waals surface area contributed by atoms with Gasteiger partial charge in [-0.05, 0) is 60.7 Å². The van der Waals surface area contributed by atoms with Crippen molar-refractivity contribution in [3.63, 3.8) is 0 Å². The molecule has 0 unspecified atom stereocenters. The van der Waals surface area contributed by atoms with Crippen molar-refractivity contribution >= 4 is 27.5 Å². The molecule has 1 N–H and O–H groups in total. The highest BCUT2D eigenvalue weighted by Gasteiger charge is 2.41. The van der Waals surface area contributed by atoms with Crippen LogP contribution >= 0.6 is 0 Å². The number of aryl methyl sites for hydroxylation is 2. The predicted molar refractivity (Wildman–Crippen MR) is 131 cm³/mol. The molecule has 2 aliphatic heterocycles. The molecule has 4 aromatic rings. The molecule has 6 rings (SSSR count). The van der Waals surface area contributed by atoms with Gasteiger partial charge in [-0.2, -0.15) is 0 Å². The number of pyridine rings is 1. The molecule has 8 heteroatoms. The molecule has 6 nitrogen and oxygen atoms in total. The maximum atomic E-state index is 16.1. The van der Waals surface area contributed by atoms with Crippen molar-refractivity contribution in [2.45, 2.75) is 33.1 Å². The number of anilines is 1. The molecular formula is C27H26F2N4O2. The van der Waals surface area contributed by atoms with Crippen molar-refractivity contribution in [1.82, 2.24) is 15.0 Å². The number of rotatable bonds is 3. The number of nitrogens with zero attached hydrogens (tertiary/aromatic N) is 4. The second-order valence-corrected chi connectivity index (χ2v) is 9.73. The van der Waals surface area contributed by atoms with E-state index in [1.165, 1.54) is 12.1 Å². The van der Waals surface area contributed by atoms with Crippen molar-refractivity contribution in [2.75, 3.05) is 31.2 Å². The summed E-state index contributed by atoms with van der Waals surface area (Å²) in [6.45, 7) is 6.84. The second kappa shape index (κ2) is 8.09. The average Bonchev–Trinajstić information content (AvgIpc) is 2.83. The zero-order valence-electron chi connectivity index (χ0n) is 19.7. The minimum atomic E-state index is -0.603. The van der Waals surface area contributed by atoms with Crippen molar-refractivity contribution < 1.29 is 18.6 Å². The van der Waals surface area contributed by atoms with E-state index in [-0.39, 0.29) is 28.2 Å². The van der Waals surface area contributed by atoms with Crippen LogP contribution in [0.15, 0.2) is 30.5 Å². The van der Waals surface area contributed by atoms with E-state index in [1.807, 2.05) is 6.92 Å². The summed E-state index contributed by atoms with van der Waals surface area (Å²) in [7, 11) is 0. The predicted octanol–water partition coefficient (Wildman–Crippen LogP) is 5.32. The van der Waals surface area contributed by atoms with Crippen LogP contribution in [0.2, 0.25) is 0 Å². The molecule has 2 aromatic carbocycles. The first-order valence-corrected chi connectivity index (χ1v) is 12.0. The molecular weight excluding hydrogens is 450 g/mol. The Morgan fingerprint density at radius 1 is 1.11 bits per heavy atom. The Labute approximate surface area is 201 Å². The zero-order chi connectivity index (χ0) is 24.3. The quantitative estimate of drug-likeness (QED) is 0.432. The van der Waals surface area contributed by atoms with Gasteiger partial charge in [-0.15, -0.1) is 0 Å². The zero-order valence-corrected chi connectivity index (χ0v) is 19.7. The number of fused-ring (bicyclic) bond motifs is 2. The summed E-state index contributed by atoms with van der Waals surface area (Å²) < 4.78 is 36.2. The fourth-order valence-corrected chi connectivity index (χ4v) is 5.48. The van der Waals surface area contributed by atoms with E-state index in [2.05, 4.69) is 19.9 Å². The van der Waals surface area contributed by atoms with Crippen LogP contribution in [0.4, 0.5) is 14.6 Å². The fourth-order valence-electron chi connectivity index (χ4n) is 5.48. The van der Waals surface area contributed by atoms with E-state index in [0.29, 0.717) is 45.3 Å². The largest absolute Gasteiger partial charge is 0.508 e. The molecule has 2 fully saturated rings. The Morgan fingerprint density at radius 3 is 2.57 bits per heavy atom. The third kappa shape index (κ3) is 3.50. The summed E-state index contributed by atoms with van der Waals surface area (Å²) in [6, 6.07) is 5.96. The highest BCUT2D eigenvalue weighted by Crippen LogP contribution is 2.41. The number of hydrogen-bond donors (Lipinski definition) is 1. The number of piperidine rings is 1. The third-order valence-corrected chi connectivity index (χ3v) is 7.48. The molecule has 180 valence electrons. The van der Waals surface area contributed by atoms with E-state index < -0.39 is 5.82 Å². The van der Waals surface area contributed by atoms with Gasteiger partial charge in [0.2, 0.25) is 0 Å². The molecule has 0 aliphatic carbocycles. The highest BCUT2D eigenvalue weighted by molar-refractivity contribution is 6.01. The maximum absolute atomic E-state index is 16.1. The molecule has 2 aromatic heterocycles. The van der Waals surface area contributed by atoms with Crippen molar-refractivity contribution in [3.8, 4) is 17.0 Å². The van der Waals surface area contributed by atoms with Crippen molar-refractivity contribution in [3.05, 3.63) is 53.5 Å². The van der Waals surface area contributed by atoms with Gasteiger partial charge in [0.25, 0.3) is 0 Å². The molecule has 0 amide bonds. The van der Waals surface area contributed by atoms with Crippen molar-refractivity contribution in [1.29, 1.82) is 0 Å². The van der Waals surface area contributed by atoms with E-state index >= 15 is 4.39 Å². The number of hydrogen-bond acceptors (Lipinski definition) is 6. The number of benzene rings is 2. The lowest BCUT2D eigenvalue weighted by molar-refractivity contribution is -0.124. The molecule has 2 aliphatic rings. The minimum Gasteiger partial charge on any atom is -0.508 e. The average molecular weight is 477 g/mol. The summed E-state index contributed by atoms with van der Waals surface area (Å²) in [5.41, 5.74) is 1.29. The number of phenolic OH excluding ortho intramolecular Hbond substituents is 1. The number of ether oxygens (including phenoxy) is 1. The van der Waals surface area contributed by atoms with Gasteiger partial charge in [-0.3, -0.25) is 4.98 Å². The van der Waals surface area contributed by atoms with Gasteiger partial charge in [-0.25, -0.2) is 18.7 Å². The molecule has 0 bridgehead atoms. The lowest BCUT2D eigenvalue weighted by Gasteiger charge is -2.47. The third-order valence-electron chi connectivity index (χ3n) is 7.48. The van der Waals surface area contributed by atoms with E-state index in [9.17, 15) is 9.50 Å². The fraction of sp³-hybridized carbons (Fsp3) is 0.370. The first kappa shape index (κ1) is 22.1. The number of halogens is 2. The minimum absolute atomic E-state index is 0.0342. The van der Waals surface area contributed by atoms with Gasteiger partial charge in [0.15, 0.2) is 5.82 Å². The number of aromatic nitrogens is 3. The maximum Gasteiger partial charge on any atom is 0.175 e. The summed E-state index contributed by atoms with van der Waals surface area (Å²) in [5.74, 6) is 0.143. The molecule has 0 saturated carbocycles. The lowest BCUT2D eigenvalue weighted by Crippen LogP contribution is -2.51. The molecule has 35 heavy (non-hydrogen) atoms. The first-order chi connectivity index (χ1) is 16.9. The SMILES string of the molecule is CCc1c(F)ccc2cc(O)cc(-c3ncc4c(N5CCC6(CC5)COC6)nc(C)nc4c3F)c12. The van der Waals surface area contributed by atoms with Gasteiger partial charge in [0.1, 0.15) is 34.4 Å². The topological polar surface area (TPSA) is 71.4 Å². The van der Waals surface area contributed by atoms with Gasteiger partial charge in [-0.1, -0.05) is 13.0 Å². The van der Waals surface area contributed by atoms with Gasteiger partial charge in [0.05, 0.1) is 18.6 Å². The number of phenols is 1. The molecule has 1 spiro atoms. The van der Waals surface area contributed by atoms with Crippen LogP contribution in [0.1, 0.15) is 31.2 Å². The smallest absolute Gasteiger partial charge is 0.175 e. The summed E-state index contributed by atoms with van der Waals surface area (Å²) >= 11 is 0. The monoisotopic (exact) mass is 476 g/mol. The Hall–Kier alpha value is -3.39. The Kier molecular flexibility index (Phi) is 5.11. The second-order valence-electron chi connectivity index (χ2n) is 9.73. The molecule has 0 atom stereocenters. The Bertz CT molecular complexity index is 1480. The van der Waals surface area contributed by atoms with Crippen LogP contribution in [0, 0.1) is 24.0 Å². The molecule has 2 saturated heterocycles. The van der Waals surface area contributed by atoms with E-state index in [4.69, 9.17) is 4.74 Å². The van der Waals surface area contributed by atoms with E-state index in [1.54, 1.807) is 25.3 Å². The number of aromatic hydroxyl groups is 1. The normalized spacial score (nSPS) is 17.3. The summed E-state index contributed by atoms with van der Waals surface area (Å²) in [5, 5.41) is 12.1. The van der Waals surface area contributed by atoms with Crippen LogP contribution in [-0.2, 0) is 11.2 Å². The summed E-state index contributed by atoms with van der Waals surface area (Å²) in [4.78, 5) is 15.7. The highest BCUT2D eigenvalue weighted by atomic mass is 19.1. The first-order valence-electron chi connectivity index (χ1n) is 12.0. The van der Waals surface area contributed by atoms with Gasteiger partial charge in [0, 0.05) is 30.3 Å². The summed E-state index contributed by atoms with van der Waals surface area (Å²) in [6.07, 6.45) is 4.03.